The molecule has 1 fully saturated rings. The molecule has 2 N–H and O–H groups in total. The smallest absolute Gasteiger partial charge is 0.324 e. The van der Waals surface area contributed by atoms with Crippen LogP contribution in [0.4, 0.5) is 13.2 Å². The van der Waals surface area contributed by atoms with Crippen molar-refractivity contribution < 1.29 is 13.2 Å². The molecular formula is C16H21BrF3N. The molecule has 1 saturated carbocycles. The summed E-state index contributed by atoms with van der Waals surface area (Å²) >= 11 is 2.97. The standard InChI is InChI=1S/C16H21BrF3N/c1-9-5-10(2)7-12(6-9)15(21)11-3-4-14(17)13(8-11)16(18,19)20/h3-4,8-10,12,15H,5-7,21H2,1-2H3. The summed E-state index contributed by atoms with van der Waals surface area (Å²) in [6, 6.07) is 4.02. The van der Waals surface area contributed by atoms with Crippen molar-refractivity contribution in [3.63, 3.8) is 0 Å². The minimum Gasteiger partial charge on any atom is -0.324 e. The average Bonchev–Trinajstić information content (AvgIpc) is 2.36. The van der Waals surface area contributed by atoms with Crippen LogP contribution >= 0.6 is 15.9 Å². The third-order valence-electron chi connectivity index (χ3n) is 4.40. The highest BCUT2D eigenvalue weighted by atomic mass is 79.9. The molecule has 0 spiro atoms. The third-order valence-corrected chi connectivity index (χ3v) is 5.10. The van der Waals surface area contributed by atoms with E-state index in [2.05, 4.69) is 29.8 Å². The lowest BCUT2D eigenvalue weighted by Crippen LogP contribution is -2.29. The topological polar surface area (TPSA) is 26.0 Å². The summed E-state index contributed by atoms with van der Waals surface area (Å²) < 4.78 is 39.0. The first-order valence-electron chi connectivity index (χ1n) is 7.30. The maximum absolute atomic E-state index is 13.0. The molecule has 3 unspecified atom stereocenters. The van der Waals surface area contributed by atoms with Crippen molar-refractivity contribution >= 4 is 15.9 Å². The molecule has 0 amide bonds. The molecule has 118 valence electrons. The quantitative estimate of drug-likeness (QED) is 0.733. The first-order chi connectivity index (χ1) is 9.68. The Morgan fingerprint density at radius 2 is 1.71 bits per heavy atom. The Labute approximate surface area is 132 Å². The summed E-state index contributed by atoms with van der Waals surface area (Å²) in [7, 11) is 0. The van der Waals surface area contributed by atoms with Crippen molar-refractivity contribution in [2.75, 3.05) is 0 Å². The van der Waals surface area contributed by atoms with Gasteiger partial charge in [0.05, 0.1) is 5.56 Å². The van der Waals surface area contributed by atoms with E-state index in [1.165, 1.54) is 18.6 Å². The van der Waals surface area contributed by atoms with Crippen molar-refractivity contribution in [3.8, 4) is 0 Å². The molecule has 0 saturated heterocycles. The van der Waals surface area contributed by atoms with Crippen LogP contribution in [0.3, 0.4) is 0 Å². The Morgan fingerprint density at radius 1 is 1.14 bits per heavy atom. The van der Waals surface area contributed by atoms with Gasteiger partial charge in [-0.25, -0.2) is 0 Å². The molecule has 1 nitrogen and oxygen atoms in total. The molecule has 0 aliphatic heterocycles. The number of benzene rings is 1. The minimum atomic E-state index is -4.36. The normalized spacial score (nSPS) is 28.4. The van der Waals surface area contributed by atoms with E-state index >= 15 is 0 Å². The van der Waals surface area contributed by atoms with E-state index in [1.807, 2.05) is 0 Å². The Kier molecular flexibility index (Phi) is 5.03. The molecule has 1 aromatic rings. The van der Waals surface area contributed by atoms with Crippen LogP contribution in [0.5, 0.6) is 0 Å². The highest BCUT2D eigenvalue weighted by Gasteiger charge is 2.35. The minimum absolute atomic E-state index is 0.0660. The van der Waals surface area contributed by atoms with Gasteiger partial charge in [0.15, 0.2) is 0 Å². The predicted molar refractivity (Wildman–Crippen MR) is 81.7 cm³/mol. The van der Waals surface area contributed by atoms with Crippen LogP contribution in [0.25, 0.3) is 0 Å². The van der Waals surface area contributed by atoms with Crippen LogP contribution in [0.2, 0.25) is 0 Å². The maximum Gasteiger partial charge on any atom is 0.417 e. The van der Waals surface area contributed by atoms with E-state index in [1.54, 1.807) is 6.07 Å². The number of hydrogen-bond acceptors (Lipinski definition) is 1. The molecule has 21 heavy (non-hydrogen) atoms. The summed E-state index contributed by atoms with van der Waals surface area (Å²) in [5, 5.41) is 0. The Bertz CT molecular complexity index is 491. The Morgan fingerprint density at radius 3 is 2.24 bits per heavy atom. The summed E-state index contributed by atoms with van der Waals surface area (Å²) in [6.45, 7) is 4.39. The average molecular weight is 364 g/mol. The Balaban J connectivity index is 2.25. The lowest BCUT2D eigenvalue weighted by molar-refractivity contribution is -0.138. The van der Waals surface area contributed by atoms with Crippen LogP contribution in [0, 0.1) is 17.8 Å². The van der Waals surface area contributed by atoms with E-state index in [-0.39, 0.29) is 16.4 Å². The number of nitrogens with two attached hydrogens (primary N) is 1. The van der Waals surface area contributed by atoms with E-state index in [4.69, 9.17) is 5.73 Å². The van der Waals surface area contributed by atoms with Crippen LogP contribution in [-0.2, 0) is 6.18 Å². The monoisotopic (exact) mass is 363 g/mol. The molecule has 1 aromatic carbocycles. The van der Waals surface area contributed by atoms with E-state index in [9.17, 15) is 13.2 Å². The zero-order valence-corrected chi connectivity index (χ0v) is 13.8. The number of hydrogen-bond donors (Lipinski definition) is 1. The molecule has 1 aliphatic rings. The second kappa shape index (κ2) is 6.29. The van der Waals surface area contributed by atoms with Crippen molar-refractivity contribution in [1.82, 2.24) is 0 Å². The molecule has 1 aliphatic carbocycles. The van der Waals surface area contributed by atoms with Crippen molar-refractivity contribution in [2.24, 2.45) is 23.5 Å². The molecule has 5 heteroatoms. The molecule has 0 radical (unpaired) electrons. The van der Waals surface area contributed by atoms with Crippen molar-refractivity contribution in [1.29, 1.82) is 0 Å². The van der Waals surface area contributed by atoms with Crippen LogP contribution in [-0.4, -0.2) is 0 Å². The fourth-order valence-electron chi connectivity index (χ4n) is 3.54. The largest absolute Gasteiger partial charge is 0.417 e. The van der Waals surface area contributed by atoms with Gasteiger partial charge in [-0.15, -0.1) is 0 Å². The zero-order valence-electron chi connectivity index (χ0n) is 12.3. The molecule has 3 atom stereocenters. The fourth-order valence-corrected chi connectivity index (χ4v) is 4.01. The van der Waals surface area contributed by atoms with Gasteiger partial charge in [0.2, 0.25) is 0 Å². The lowest BCUT2D eigenvalue weighted by atomic mass is 9.72. The SMILES string of the molecule is CC1CC(C)CC(C(N)c2ccc(Br)c(C(F)(F)F)c2)C1. The van der Waals surface area contributed by atoms with E-state index < -0.39 is 11.7 Å². The van der Waals surface area contributed by atoms with E-state index in [0.29, 0.717) is 17.4 Å². The van der Waals surface area contributed by atoms with Gasteiger partial charge in [0.25, 0.3) is 0 Å². The second-order valence-electron chi connectivity index (χ2n) is 6.44. The third kappa shape index (κ3) is 4.01. The summed E-state index contributed by atoms with van der Waals surface area (Å²) in [5.41, 5.74) is 6.21. The maximum atomic E-state index is 13.0. The van der Waals surface area contributed by atoms with Crippen LogP contribution < -0.4 is 5.73 Å². The highest BCUT2D eigenvalue weighted by molar-refractivity contribution is 9.10. The summed E-state index contributed by atoms with van der Waals surface area (Å²) in [5.74, 6) is 1.43. The van der Waals surface area contributed by atoms with Gasteiger partial charge in [0, 0.05) is 10.5 Å². The number of rotatable bonds is 2. The zero-order chi connectivity index (χ0) is 15.8. The van der Waals surface area contributed by atoms with Gasteiger partial charge in [-0.3, -0.25) is 0 Å². The van der Waals surface area contributed by atoms with Gasteiger partial charge >= 0.3 is 6.18 Å². The molecule has 0 bridgehead atoms. The summed E-state index contributed by atoms with van der Waals surface area (Å²) in [4.78, 5) is 0. The van der Waals surface area contributed by atoms with Gasteiger partial charge in [-0.1, -0.05) is 35.8 Å². The first-order valence-corrected chi connectivity index (χ1v) is 8.10. The van der Waals surface area contributed by atoms with Gasteiger partial charge in [-0.2, -0.15) is 13.2 Å². The van der Waals surface area contributed by atoms with Crippen molar-refractivity contribution in [2.45, 2.75) is 45.3 Å². The first kappa shape index (κ1) is 16.8. The fraction of sp³-hybridized carbons (Fsp3) is 0.625. The van der Waals surface area contributed by atoms with Crippen molar-refractivity contribution in [3.05, 3.63) is 33.8 Å². The molecule has 2 rings (SSSR count). The molecule has 0 aromatic heterocycles. The van der Waals surface area contributed by atoms with Gasteiger partial charge < -0.3 is 5.73 Å². The predicted octanol–water partition coefficient (Wildman–Crippen LogP) is 5.54. The second-order valence-corrected chi connectivity index (χ2v) is 7.29. The molecular weight excluding hydrogens is 343 g/mol. The lowest BCUT2D eigenvalue weighted by Gasteiger charge is -2.35. The van der Waals surface area contributed by atoms with Gasteiger partial charge in [0.1, 0.15) is 0 Å². The van der Waals surface area contributed by atoms with Gasteiger partial charge in [-0.05, 0) is 54.7 Å². The van der Waals surface area contributed by atoms with Crippen LogP contribution in [0.1, 0.15) is 50.3 Å². The number of alkyl halides is 3. The Hall–Kier alpha value is -0.550. The number of halogens is 4. The summed E-state index contributed by atoms with van der Waals surface area (Å²) in [6.07, 6.45) is -1.20. The molecule has 0 heterocycles. The van der Waals surface area contributed by atoms with E-state index in [0.717, 1.165) is 12.8 Å². The van der Waals surface area contributed by atoms with Crippen LogP contribution in [0.15, 0.2) is 22.7 Å². The highest BCUT2D eigenvalue weighted by Crippen LogP contribution is 2.41.